The number of thiol groups is 1. The van der Waals surface area contributed by atoms with Crippen molar-refractivity contribution in [2.24, 2.45) is 0 Å². The summed E-state index contributed by atoms with van der Waals surface area (Å²) in [5, 5.41) is 0. The maximum Gasteiger partial charge on any atom is 0.197 e. The molecule has 0 bridgehead atoms. The van der Waals surface area contributed by atoms with Gasteiger partial charge in [-0.1, -0.05) is 20.3 Å². The van der Waals surface area contributed by atoms with Crippen LogP contribution < -0.4 is 0 Å². The quantitative estimate of drug-likeness (QED) is 0.352. The zero-order chi connectivity index (χ0) is 14.3. The van der Waals surface area contributed by atoms with E-state index in [9.17, 15) is 17.6 Å². The molecule has 0 heterocycles. The first kappa shape index (κ1) is 17.3. The zero-order valence-electron chi connectivity index (χ0n) is 10.8. The summed E-state index contributed by atoms with van der Waals surface area (Å²) in [6.07, 6.45) is 3.48. The Kier molecular flexibility index (Phi) is 8.07. The van der Waals surface area contributed by atoms with Gasteiger partial charge in [0.1, 0.15) is 0 Å². The Morgan fingerprint density at radius 1 is 0.778 bits per heavy atom. The summed E-state index contributed by atoms with van der Waals surface area (Å²) >= 11 is 3.53. The summed E-state index contributed by atoms with van der Waals surface area (Å²) < 4.78 is 52.7. The van der Waals surface area contributed by atoms with Crippen LogP contribution in [0.25, 0.3) is 0 Å². The fourth-order valence-electron chi connectivity index (χ4n) is 1.71. The van der Waals surface area contributed by atoms with Gasteiger partial charge in [0.05, 0.1) is 0 Å². The molecule has 0 amide bonds. The van der Waals surface area contributed by atoms with Gasteiger partial charge in [-0.25, -0.2) is 17.6 Å². The van der Waals surface area contributed by atoms with Gasteiger partial charge >= 0.3 is 0 Å². The number of halogens is 4. The summed E-state index contributed by atoms with van der Waals surface area (Å²) in [4.78, 5) is 0. The lowest BCUT2D eigenvalue weighted by Crippen LogP contribution is -2.08. The fraction of sp³-hybridized carbons (Fsp3) is 0.538. The molecule has 0 fully saturated rings. The Morgan fingerprint density at radius 2 is 1.22 bits per heavy atom. The van der Waals surface area contributed by atoms with Crippen LogP contribution in [-0.4, -0.2) is 6.26 Å². The molecule has 104 valence electrons. The molecule has 0 unspecified atom stereocenters. The van der Waals surface area contributed by atoms with Crippen LogP contribution in [0.15, 0.2) is 0 Å². The van der Waals surface area contributed by atoms with Crippen molar-refractivity contribution in [3.63, 3.8) is 0 Å². The molecule has 18 heavy (non-hydrogen) atoms. The predicted octanol–water partition coefficient (Wildman–Crippen LogP) is 4.69. The van der Waals surface area contributed by atoms with Gasteiger partial charge in [0.15, 0.2) is 23.3 Å². The van der Waals surface area contributed by atoms with Gasteiger partial charge in [0.2, 0.25) is 0 Å². The standard InChI is InChI=1S/C12H14F4.CH4S/c1-3-5-6-8-7(4-2)9(13)11(15)12(16)10(8)14;1-2/h3-6H2,1-2H3;2H,1H3. The fourth-order valence-corrected chi connectivity index (χ4v) is 1.71. The van der Waals surface area contributed by atoms with Crippen LogP contribution in [0.1, 0.15) is 37.8 Å². The van der Waals surface area contributed by atoms with Crippen LogP contribution in [-0.2, 0) is 12.8 Å². The maximum absolute atomic E-state index is 13.4. The summed E-state index contributed by atoms with van der Waals surface area (Å²) in [5.74, 6) is -5.92. The average Bonchev–Trinajstić information content (AvgIpc) is 2.41. The third kappa shape index (κ3) is 3.64. The number of unbranched alkanes of at least 4 members (excludes halogenated alkanes) is 1. The molecular formula is C13H18F4S. The molecule has 1 rings (SSSR count). The lowest BCUT2D eigenvalue weighted by molar-refractivity contribution is 0.397. The van der Waals surface area contributed by atoms with Crippen molar-refractivity contribution in [1.29, 1.82) is 0 Å². The number of hydrogen-bond acceptors (Lipinski definition) is 1. The van der Waals surface area contributed by atoms with E-state index in [-0.39, 0.29) is 24.0 Å². The second kappa shape index (κ2) is 8.40. The van der Waals surface area contributed by atoms with E-state index in [1.165, 1.54) is 0 Å². The maximum atomic E-state index is 13.4. The highest BCUT2D eigenvalue weighted by Gasteiger charge is 2.23. The molecule has 5 heteroatoms. The van der Waals surface area contributed by atoms with E-state index in [2.05, 4.69) is 12.6 Å². The Balaban J connectivity index is 0.00000137. The van der Waals surface area contributed by atoms with E-state index in [1.54, 1.807) is 13.2 Å². The zero-order valence-corrected chi connectivity index (χ0v) is 11.7. The first-order valence-corrected chi connectivity index (χ1v) is 6.72. The molecule has 0 N–H and O–H groups in total. The minimum Gasteiger partial charge on any atom is -0.203 e. The molecule has 0 radical (unpaired) electrons. The number of benzene rings is 1. The number of rotatable bonds is 4. The lowest BCUT2D eigenvalue weighted by Gasteiger charge is -2.11. The molecule has 0 aliphatic rings. The summed E-state index contributed by atoms with van der Waals surface area (Å²) in [6.45, 7) is 3.48. The van der Waals surface area contributed by atoms with Gasteiger partial charge in [0, 0.05) is 0 Å². The second-order valence-electron chi connectivity index (χ2n) is 3.67. The molecule has 0 saturated heterocycles. The van der Waals surface area contributed by atoms with E-state index in [1.807, 2.05) is 6.92 Å². The third-order valence-electron chi connectivity index (χ3n) is 2.61. The molecule has 0 saturated carbocycles. The Hall–Kier alpha value is -0.710. The van der Waals surface area contributed by atoms with Crippen molar-refractivity contribution in [2.45, 2.75) is 39.5 Å². The van der Waals surface area contributed by atoms with Crippen LogP contribution >= 0.6 is 12.6 Å². The van der Waals surface area contributed by atoms with Gasteiger partial charge in [-0.15, -0.1) is 0 Å². The van der Waals surface area contributed by atoms with E-state index in [4.69, 9.17) is 0 Å². The smallest absolute Gasteiger partial charge is 0.197 e. The average molecular weight is 282 g/mol. The molecule has 0 atom stereocenters. The van der Waals surface area contributed by atoms with Gasteiger partial charge in [-0.2, -0.15) is 12.6 Å². The van der Waals surface area contributed by atoms with Crippen LogP contribution in [0.2, 0.25) is 0 Å². The minimum absolute atomic E-state index is 0.0271. The molecule has 0 nitrogen and oxygen atoms in total. The van der Waals surface area contributed by atoms with Gasteiger partial charge in [0.25, 0.3) is 0 Å². The van der Waals surface area contributed by atoms with Crippen molar-refractivity contribution in [2.75, 3.05) is 6.26 Å². The molecule has 1 aromatic carbocycles. The van der Waals surface area contributed by atoms with Crippen LogP contribution in [0.3, 0.4) is 0 Å². The molecule has 0 aromatic heterocycles. The van der Waals surface area contributed by atoms with Crippen LogP contribution in [0, 0.1) is 23.3 Å². The number of hydrogen-bond donors (Lipinski definition) is 1. The third-order valence-corrected chi connectivity index (χ3v) is 2.61. The first-order chi connectivity index (χ1) is 8.54. The van der Waals surface area contributed by atoms with Crippen LogP contribution in [0.4, 0.5) is 17.6 Å². The summed E-state index contributed by atoms with van der Waals surface area (Å²) in [7, 11) is 0. The van der Waals surface area contributed by atoms with Crippen molar-refractivity contribution in [3.8, 4) is 0 Å². The second-order valence-corrected chi connectivity index (χ2v) is 3.67. The van der Waals surface area contributed by atoms with E-state index in [0.717, 1.165) is 6.42 Å². The summed E-state index contributed by atoms with van der Waals surface area (Å²) in [5.41, 5.74) is -0.0781. The highest BCUT2D eigenvalue weighted by atomic mass is 32.1. The monoisotopic (exact) mass is 282 g/mol. The van der Waals surface area contributed by atoms with Crippen molar-refractivity contribution in [1.82, 2.24) is 0 Å². The molecule has 0 aliphatic carbocycles. The topological polar surface area (TPSA) is 0 Å². The molecular weight excluding hydrogens is 264 g/mol. The first-order valence-electron chi connectivity index (χ1n) is 5.82. The van der Waals surface area contributed by atoms with Gasteiger partial charge in [-0.05, 0) is 36.6 Å². The normalized spacial score (nSPS) is 10.0. The van der Waals surface area contributed by atoms with Crippen molar-refractivity contribution >= 4 is 12.6 Å². The molecule has 0 spiro atoms. The van der Waals surface area contributed by atoms with Gasteiger partial charge in [-0.3, -0.25) is 0 Å². The van der Waals surface area contributed by atoms with Crippen molar-refractivity contribution in [3.05, 3.63) is 34.4 Å². The lowest BCUT2D eigenvalue weighted by atomic mass is 9.98. The van der Waals surface area contributed by atoms with Crippen LogP contribution in [0.5, 0.6) is 0 Å². The highest BCUT2D eigenvalue weighted by molar-refractivity contribution is 7.79. The van der Waals surface area contributed by atoms with E-state index < -0.39 is 23.3 Å². The minimum atomic E-state index is -1.71. The Morgan fingerprint density at radius 3 is 1.61 bits per heavy atom. The van der Waals surface area contributed by atoms with Crippen molar-refractivity contribution < 1.29 is 17.6 Å². The van der Waals surface area contributed by atoms with Gasteiger partial charge < -0.3 is 0 Å². The van der Waals surface area contributed by atoms with E-state index in [0.29, 0.717) is 6.42 Å². The Bertz CT molecular complexity index is 391. The largest absolute Gasteiger partial charge is 0.203 e. The Labute approximate surface area is 111 Å². The summed E-state index contributed by atoms with van der Waals surface area (Å²) in [6, 6.07) is 0. The molecule has 0 aliphatic heterocycles. The SMILES string of the molecule is CCCCc1c(F)c(F)c(F)c(F)c1CC.CS. The molecule has 1 aromatic rings. The van der Waals surface area contributed by atoms with E-state index >= 15 is 0 Å². The highest BCUT2D eigenvalue weighted by Crippen LogP contribution is 2.25. The predicted molar refractivity (Wildman–Crippen MR) is 69.2 cm³/mol.